The Morgan fingerprint density at radius 3 is 2.42 bits per heavy atom. The van der Waals surface area contributed by atoms with E-state index in [4.69, 9.17) is 23.4 Å². The third-order valence-electron chi connectivity index (χ3n) is 6.39. The van der Waals surface area contributed by atoms with E-state index in [1.807, 2.05) is 0 Å². The Balaban J connectivity index is 1.84. The minimum Gasteiger partial charge on any atom is -0.504 e. The van der Waals surface area contributed by atoms with E-state index in [0.717, 1.165) is 0 Å². The lowest BCUT2D eigenvalue weighted by atomic mass is 9.85. The van der Waals surface area contributed by atoms with Crippen molar-refractivity contribution in [3.8, 4) is 45.8 Å². The van der Waals surface area contributed by atoms with Crippen molar-refractivity contribution in [1.82, 2.24) is 0 Å². The number of aromatic hydroxyl groups is 3. The normalized spacial score (nSPS) is 13.2. The maximum absolute atomic E-state index is 13.2. The van der Waals surface area contributed by atoms with Crippen LogP contribution in [0.1, 0.15) is 23.5 Å². The van der Waals surface area contributed by atoms with E-state index >= 15 is 0 Å². The molecule has 0 radical (unpaired) electrons. The highest BCUT2D eigenvalue weighted by Crippen LogP contribution is 2.51. The molecule has 5 rings (SSSR count). The topological polar surface area (TPSA) is 145 Å². The first-order valence-corrected chi connectivity index (χ1v) is 11.7. The van der Waals surface area contributed by atoms with Gasteiger partial charge in [-0.25, -0.2) is 0 Å². The first-order valence-electron chi connectivity index (χ1n) is 11.7. The lowest BCUT2D eigenvalue weighted by Gasteiger charge is -2.25. The third-order valence-corrected chi connectivity index (χ3v) is 6.39. The number of fused-ring (bicyclic) bond motifs is 2. The van der Waals surface area contributed by atoms with Crippen LogP contribution in [0.5, 0.6) is 34.5 Å². The maximum atomic E-state index is 13.2. The lowest BCUT2D eigenvalue weighted by molar-refractivity contribution is -0.140. The van der Waals surface area contributed by atoms with Crippen molar-refractivity contribution < 1.29 is 43.5 Å². The summed E-state index contributed by atoms with van der Waals surface area (Å²) in [6, 6.07) is 13.1. The Labute approximate surface area is 216 Å². The molecular weight excluding hydrogens is 496 g/mol. The molecule has 0 amide bonds. The van der Waals surface area contributed by atoms with E-state index < -0.39 is 34.6 Å². The number of phenolic OH excluding ortho intramolecular Hbond substituents is 3. The van der Waals surface area contributed by atoms with Gasteiger partial charge in [0.2, 0.25) is 11.5 Å². The summed E-state index contributed by atoms with van der Waals surface area (Å²) in [5.41, 5.74) is 0.0120. The predicted octanol–water partition coefficient (Wildman–Crippen LogP) is 4.05. The summed E-state index contributed by atoms with van der Waals surface area (Å²) < 4.78 is 27.9. The van der Waals surface area contributed by atoms with Gasteiger partial charge in [0.05, 0.1) is 20.6 Å². The van der Waals surface area contributed by atoms with Crippen LogP contribution in [0, 0.1) is 0 Å². The van der Waals surface area contributed by atoms with Gasteiger partial charge < -0.3 is 38.7 Å². The number of carbonyl (C=O) groups is 1. The van der Waals surface area contributed by atoms with E-state index in [0.29, 0.717) is 35.0 Å². The van der Waals surface area contributed by atoms with Gasteiger partial charge in [-0.3, -0.25) is 9.59 Å². The average Bonchev–Trinajstić information content (AvgIpc) is 2.94. The van der Waals surface area contributed by atoms with Crippen molar-refractivity contribution in [1.29, 1.82) is 0 Å². The van der Waals surface area contributed by atoms with E-state index in [2.05, 4.69) is 0 Å². The molecule has 10 nitrogen and oxygen atoms in total. The highest BCUT2D eigenvalue weighted by atomic mass is 16.6. The largest absolute Gasteiger partial charge is 0.504 e. The fourth-order valence-electron chi connectivity index (χ4n) is 4.57. The highest BCUT2D eigenvalue weighted by Gasteiger charge is 2.33. The second kappa shape index (κ2) is 9.89. The van der Waals surface area contributed by atoms with Crippen LogP contribution in [0.25, 0.3) is 22.3 Å². The Kier molecular flexibility index (Phi) is 6.46. The van der Waals surface area contributed by atoms with Crippen molar-refractivity contribution in [3.63, 3.8) is 0 Å². The second-order valence-electron chi connectivity index (χ2n) is 8.58. The summed E-state index contributed by atoms with van der Waals surface area (Å²) in [6.07, 6.45) is -0.328. The molecule has 0 bridgehead atoms. The molecule has 0 saturated carbocycles. The number of ether oxygens (including phenoxy) is 4. The van der Waals surface area contributed by atoms with Crippen molar-refractivity contribution in [2.45, 2.75) is 12.3 Å². The standard InChI is InChI=1S/C28H24O10/c1-34-19-10-15(11-20-27(19)37-9-8-36-20)16(12-21(30)35-2)22-24(31)26(33)25(32)23-17(29)13-18(38-28(22)23)14-6-4-3-5-7-14/h3-7,10-11,13,16,31-33H,8-9,12H2,1-2H3/t16-/m0/s1. The zero-order valence-electron chi connectivity index (χ0n) is 20.5. The molecule has 196 valence electrons. The number of benzene rings is 3. The molecule has 3 aromatic carbocycles. The summed E-state index contributed by atoms with van der Waals surface area (Å²) in [4.78, 5) is 25.7. The molecule has 1 atom stereocenters. The van der Waals surface area contributed by atoms with Gasteiger partial charge >= 0.3 is 5.97 Å². The zero-order valence-corrected chi connectivity index (χ0v) is 20.5. The summed E-state index contributed by atoms with van der Waals surface area (Å²) in [5, 5.41) is 32.0. The number of hydrogen-bond acceptors (Lipinski definition) is 10. The summed E-state index contributed by atoms with van der Waals surface area (Å²) in [7, 11) is 2.65. The second-order valence-corrected chi connectivity index (χ2v) is 8.58. The van der Waals surface area contributed by atoms with E-state index in [9.17, 15) is 24.9 Å². The van der Waals surface area contributed by atoms with Crippen LogP contribution < -0.4 is 19.6 Å². The van der Waals surface area contributed by atoms with E-state index in [1.165, 1.54) is 20.3 Å². The molecule has 38 heavy (non-hydrogen) atoms. The van der Waals surface area contributed by atoms with E-state index in [-0.39, 0.29) is 35.3 Å². The van der Waals surface area contributed by atoms with Gasteiger partial charge in [0.25, 0.3) is 0 Å². The Bertz CT molecular complexity index is 1570. The Hall–Kier alpha value is -4.86. The zero-order chi connectivity index (χ0) is 27.0. The first-order chi connectivity index (χ1) is 18.3. The number of carbonyl (C=O) groups excluding carboxylic acids is 1. The molecule has 0 aliphatic carbocycles. The number of hydrogen-bond donors (Lipinski definition) is 3. The molecule has 2 heterocycles. The van der Waals surface area contributed by atoms with Crippen LogP contribution in [0.3, 0.4) is 0 Å². The Morgan fingerprint density at radius 1 is 0.974 bits per heavy atom. The average molecular weight is 520 g/mol. The lowest BCUT2D eigenvalue weighted by Crippen LogP contribution is -2.17. The fraction of sp³-hybridized carbons (Fsp3) is 0.214. The number of esters is 1. The smallest absolute Gasteiger partial charge is 0.306 e. The van der Waals surface area contributed by atoms with Gasteiger partial charge in [0.1, 0.15) is 29.9 Å². The monoisotopic (exact) mass is 520 g/mol. The number of methoxy groups -OCH3 is 2. The van der Waals surface area contributed by atoms with Gasteiger partial charge in [0.15, 0.2) is 28.4 Å². The van der Waals surface area contributed by atoms with Gasteiger partial charge in [0, 0.05) is 23.1 Å². The predicted molar refractivity (Wildman–Crippen MR) is 135 cm³/mol. The number of phenols is 3. The van der Waals surface area contributed by atoms with Gasteiger partial charge in [-0.05, 0) is 17.7 Å². The molecule has 0 saturated heterocycles. The van der Waals surface area contributed by atoms with Crippen LogP contribution in [0.15, 0.2) is 57.7 Å². The minimum absolute atomic E-state index is 0.102. The third kappa shape index (κ3) is 4.19. The van der Waals surface area contributed by atoms with Crippen LogP contribution >= 0.6 is 0 Å². The van der Waals surface area contributed by atoms with Crippen molar-refractivity contribution in [2.75, 3.05) is 27.4 Å². The fourth-order valence-corrected chi connectivity index (χ4v) is 4.57. The van der Waals surface area contributed by atoms with Crippen molar-refractivity contribution >= 4 is 16.9 Å². The van der Waals surface area contributed by atoms with Gasteiger partial charge in [-0.15, -0.1) is 0 Å². The van der Waals surface area contributed by atoms with Crippen molar-refractivity contribution in [2.24, 2.45) is 0 Å². The molecule has 3 N–H and O–H groups in total. The van der Waals surface area contributed by atoms with Crippen molar-refractivity contribution in [3.05, 3.63) is 69.9 Å². The quantitative estimate of drug-likeness (QED) is 0.251. The number of rotatable bonds is 6. The summed E-state index contributed by atoms with van der Waals surface area (Å²) in [6.45, 7) is 0.601. The molecule has 4 aromatic rings. The first kappa shape index (κ1) is 24.8. The SMILES string of the molecule is COC(=O)C[C@@H](c1cc(OC)c2c(c1)OCCO2)c1c(O)c(O)c(O)c2c(=O)cc(-c3ccccc3)oc12. The maximum Gasteiger partial charge on any atom is 0.306 e. The molecule has 0 fully saturated rings. The molecule has 1 aliphatic rings. The molecule has 0 spiro atoms. The highest BCUT2D eigenvalue weighted by molar-refractivity contribution is 5.93. The molecule has 0 unspecified atom stereocenters. The van der Waals surface area contributed by atoms with Gasteiger partial charge in [-0.1, -0.05) is 30.3 Å². The Morgan fingerprint density at radius 2 is 1.71 bits per heavy atom. The van der Waals surface area contributed by atoms with Crippen LogP contribution in [0.4, 0.5) is 0 Å². The molecular formula is C28H24O10. The van der Waals surface area contributed by atoms with Crippen LogP contribution in [0.2, 0.25) is 0 Å². The summed E-state index contributed by atoms with van der Waals surface area (Å²) in [5.74, 6) is -3.01. The molecule has 1 aromatic heterocycles. The van der Waals surface area contributed by atoms with Gasteiger partial charge in [-0.2, -0.15) is 0 Å². The molecule has 1 aliphatic heterocycles. The summed E-state index contributed by atoms with van der Waals surface area (Å²) >= 11 is 0. The van der Waals surface area contributed by atoms with E-state index in [1.54, 1.807) is 42.5 Å². The minimum atomic E-state index is -1.03. The molecule has 10 heteroatoms. The van der Waals surface area contributed by atoms with Crippen LogP contribution in [-0.4, -0.2) is 48.7 Å². The van der Waals surface area contributed by atoms with Crippen LogP contribution in [-0.2, 0) is 9.53 Å².